The Bertz CT molecular complexity index is 327. The lowest BCUT2D eigenvalue weighted by molar-refractivity contribution is -0.142. The predicted molar refractivity (Wildman–Crippen MR) is 51.3 cm³/mol. The monoisotopic (exact) mass is 211 g/mol. The van der Waals surface area contributed by atoms with E-state index < -0.39 is 18.0 Å². The van der Waals surface area contributed by atoms with Gasteiger partial charge in [-0.25, -0.2) is 0 Å². The maximum atomic E-state index is 10.9. The number of hydrogen-bond donors (Lipinski definition) is 3. The second-order valence-electron chi connectivity index (χ2n) is 4.16. The van der Waals surface area contributed by atoms with Crippen LogP contribution in [-0.2, 0) is 9.59 Å². The minimum atomic E-state index is -0.962. The molecule has 0 amide bonds. The van der Waals surface area contributed by atoms with E-state index in [4.69, 9.17) is 10.2 Å². The van der Waals surface area contributed by atoms with Crippen LogP contribution in [0.2, 0.25) is 0 Å². The van der Waals surface area contributed by atoms with Gasteiger partial charge in [-0.15, -0.1) is 6.58 Å². The minimum absolute atomic E-state index is 0.0878. The Morgan fingerprint density at radius 1 is 1.40 bits per heavy atom. The highest BCUT2D eigenvalue weighted by molar-refractivity contribution is 5.77. The third-order valence-corrected chi connectivity index (χ3v) is 3.38. The molecule has 2 aliphatic rings. The average molecular weight is 211 g/mol. The smallest absolute Gasteiger partial charge is 0.321 e. The number of carboxylic acids is 2. The molecule has 82 valence electrons. The van der Waals surface area contributed by atoms with E-state index >= 15 is 0 Å². The third kappa shape index (κ3) is 1.52. The topological polar surface area (TPSA) is 86.6 Å². The van der Waals surface area contributed by atoms with Crippen LogP contribution in [0.3, 0.4) is 0 Å². The maximum Gasteiger partial charge on any atom is 0.321 e. The number of hydrogen-bond acceptors (Lipinski definition) is 3. The molecule has 5 atom stereocenters. The number of rotatable bonds is 4. The molecule has 3 N–H and O–H groups in total. The highest BCUT2D eigenvalue weighted by Crippen LogP contribution is 2.52. The molecule has 5 heteroatoms. The molecule has 1 saturated heterocycles. The summed E-state index contributed by atoms with van der Waals surface area (Å²) < 4.78 is 0. The molecule has 5 nitrogen and oxygen atoms in total. The van der Waals surface area contributed by atoms with Crippen molar-refractivity contribution < 1.29 is 19.8 Å². The molecule has 1 heterocycles. The van der Waals surface area contributed by atoms with Crippen LogP contribution in [0, 0.1) is 17.8 Å². The van der Waals surface area contributed by atoms with Gasteiger partial charge in [-0.1, -0.05) is 6.08 Å². The predicted octanol–water partition coefficient (Wildman–Crippen LogP) is -0.0657. The van der Waals surface area contributed by atoms with Gasteiger partial charge >= 0.3 is 11.9 Å². The first-order valence-corrected chi connectivity index (χ1v) is 4.89. The van der Waals surface area contributed by atoms with Crippen LogP contribution >= 0.6 is 0 Å². The van der Waals surface area contributed by atoms with Crippen molar-refractivity contribution in [3.05, 3.63) is 12.7 Å². The number of aliphatic carboxylic acids is 2. The lowest BCUT2D eigenvalue weighted by atomic mass is 9.92. The van der Waals surface area contributed by atoms with Gasteiger partial charge < -0.3 is 15.5 Å². The number of carbonyl (C=O) groups is 2. The first-order chi connectivity index (χ1) is 7.06. The maximum absolute atomic E-state index is 10.9. The van der Waals surface area contributed by atoms with Crippen molar-refractivity contribution >= 4 is 11.9 Å². The Balaban J connectivity index is 2.10. The lowest BCUT2D eigenvalue weighted by Gasteiger charge is -2.18. The molecule has 1 aliphatic carbocycles. The van der Waals surface area contributed by atoms with Crippen molar-refractivity contribution in [2.45, 2.75) is 18.5 Å². The van der Waals surface area contributed by atoms with E-state index in [0.29, 0.717) is 0 Å². The zero-order valence-corrected chi connectivity index (χ0v) is 8.09. The highest BCUT2D eigenvalue weighted by Gasteiger charge is 2.62. The summed E-state index contributed by atoms with van der Waals surface area (Å²) in [6, 6.07) is -0.597. The van der Waals surface area contributed by atoms with E-state index in [1.54, 1.807) is 6.08 Å². The SMILES string of the molecule is C=C[C@@H]1[C@H]2N[C@H](C(=O)O)[C@@H](CC(=O)O)[C@@H]12. The third-order valence-electron chi connectivity index (χ3n) is 3.38. The van der Waals surface area contributed by atoms with Crippen LogP contribution in [0.5, 0.6) is 0 Å². The normalized spacial score (nSPS) is 42.0. The lowest BCUT2D eigenvalue weighted by Crippen LogP contribution is -2.40. The van der Waals surface area contributed by atoms with Crippen LogP contribution in [0.4, 0.5) is 0 Å². The van der Waals surface area contributed by atoms with Crippen LogP contribution in [0.1, 0.15) is 6.42 Å². The molecule has 1 aliphatic heterocycles. The van der Waals surface area contributed by atoms with E-state index in [9.17, 15) is 9.59 Å². The Morgan fingerprint density at radius 3 is 2.53 bits per heavy atom. The molecule has 0 aromatic heterocycles. The molecule has 0 radical (unpaired) electrons. The fourth-order valence-corrected chi connectivity index (χ4v) is 2.70. The summed E-state index contributed by atoms with van der Waals surface area (Å²) in [4.78, 5) is 21.5. The Kier molecular flexibility index (Phi) is 2.26. The van der Waals surface area contributed by atoms with Gasteiger partial charge in [0.2, 0.25) is 0 Å². The zero-order chi connectivity index (χ0) is 11.2. The van der Waals surface area contributed by atoms with E-state index in [1.807, 2.05) is 0 Å². The molecule has 0 bridgehead atoms. The second kappa shape index (κ2) is 3.34. The van der Waals surface area contributed by atoms with Gasteiger partial charge in [0.25, 0.3) is 0 Å². The largest absolute Gasteiger partial charge is 0.481 e. The summed E-state index contributed by atoms with van der Waals surface area (Å²) in [6.07, 6.45) is 1.69. The molecule has 0 spiro atoms. The van der Waals surface area contributed by atoms with Gasteiger partial charge in [-0.3, -0.25) is 9.59 Å². The van der Waals surface area contributed by atoms with Gasteiger partial charge in [0.1, 0.15) is 6.04 Å². The quantitative estimate of drug-likeness (QED) is 0.567. The molecule has 2 fully saturated rings. The molecule has 1 saturated carbocycles. The first-order valence-electron chi connectivity index (χ1n) is 4.89. The molecule has 2 rings (SSSR count). The summed E-state index contributed by atoms with van der Waals surface area (Å²) in [5, 5.41) is 20.6. The molecule has 15 heavy (non-hydrogen) atoms. The molecule has 0 aromatic carbocycles. The van der Waals surface area contributed by atoms with Gasteiger partial charge in [0.15, 0.2) is 0 Å². The standard InChI is InChI=1S/C10H13NO4/c1-2-4-7-5(3-6(12)13)9(10(14)15)11-8(4)7/h2,4-5,7-9,11H,1,3H2,(H,12,13)(H,14,15)/t4-,5-,7+,8+,9-/m0/s1. The average Bonchev–Trinajstić information content (AvgIpc) is 2.72. The molecule has 0 unspecified atom stereocenters. The summed E-state index contributed by atoms with van der Waals surface area (Å²) >= 11 is 0. The van der Waals surface area contributed by atoms with Gasteiger partial charge in [-0.2, -0.15) is 0 Å². The summed E-state index contributed by atoms with van der Waals surface area (Å²) in [5.74, 6) is -1.84. The van der Waals surface area contributed by atoms with Crippen molar-refractivity contribution in [1.29, 1.82) is 0 Å². The van der Waals surface area contributed by atoms with Crippen molar-refractivity contribution in [3.63, 3.8) is 0 Å². The van der Waals surface area contributed by atoms with E-state index in [1.165, 1.54) is 0 Å². The Morgan fingerprint density at radius 2 is 2.07 bits per heavy atom. The number of fused-ring (bicyclic) bond motifs is 1. The van der Waals surface area contributed by atoms with Crippen molar-refractivity contribution in [2.75, 3.05) is 0 Å². The number of piperidine rings is 1. The second-order valence-corrected chi connectivity index (χ2v) is 4.16. The molecular formula is C10H13NO4. The fourth-order valence-electron chi connectivity index (χ4n) is 2.70. The summed E-state index contributed by atoms with van der Waals surface area (Å²) in [5.41, 5.74) is 0. The van der Waals surface area contributed by atoms with Crippen LogP contribution in [-0.4, -0.2) is 34.2 Å². The number of nitrogens with one attached hydrogen (secondary N) is 1. The summed E-state index contributed by atoms with van der Waals surface area (Å²) in [6.45, 7) is 3.65. The molecule has 0 aromatic rings. The van der Waals surface area contributed by atoms with E-state index in [0.717, 1.165) is 0 Å². The van der Waals surface area contributed by atoms with E-state index in [2.05, 4.69) is 11.9 Å². The van der Waals surface area contributed by atoms with E-state index in [-0.39, 0.29) is 30.2 Å². The van der Waals surface area contributed by atoms with Crippen LogP contribution in [0.25, 0.3) is 0 Å². The van der Waals surface area contributed by atoms with Crippen molar-refractivity contribution in [3.8, 4) is 0 Å². The fraction of sp³-hybridized carbons (Fsp3) is 0.600. The van der Waals surface area contributed by atoms with Gasteiger partial charge in [0.05, 0.1) is 6.42 Å². The Hall–Kier alpha value is -1.36. The Labute approximate surface area is 86.8 Å². The van der Waals surface area contributed by atoms with Crippen molar-refractivity contribution in [2.24, 2.45) is 17.8 Å². The van der Waals surface area contributed by atoms with Crippen LogP contribution in [0.15, 0.2) is 12.7 Å². The minimum Gasteiger partial charge on any atom is -0.481 e. The highest BCUT2D eigenvalue weighted by atomic mass is 16.4. The molecular weight excluding hydrogens is 198 g/mol. The first kappa shape index (κ1) is 10.2. The number of carboxylic acid groups (broad SMARTS) is 2. The van der Waals surface area contributed by atoms with Crippen molar-refractivity contribution in [1.82, 2.24) is 5.32 Å². The van der Waals surface area contributed by atoms with Crippen LogP contribution < -0.4 is 5.32 Å². The summed E-state index contributed by atoms with van der Waals surface area (Å²) in [7, 11) is 0. The van der Waals surface area contributed by atoms with Gasteiger partial charge in [-0.05, 0) is 11.8 Å². The van der Waals surface area contributed by atoms with Gasteiger partial charge in [0, 0.05) is 12.0 Å². The zero-order valence-electron chi connectivity index (χ0n) is 8.09.